The Morgan fingerprint density at radius 2 is 2.15 bits per heavy atom. The summed E-state index contributed by atoms with van der Waals surface area (Å²) in [4.78, 5) is 20.6. The highest BCUT2D eigenvalue weighted by Gasteiger charge is 2.09. The molecule has 2 aromatic rings. The number of benzene rings is 1. The van der Waals surface area contributed by atoms with Gasteiger partial charge in [-0.1, -0.05) is 23.3 Å². The Morgan fingerprint density at radius 1 is 1.26 bits per heavy atom. The topological polar surface area (TPSA) is 76.1 Å². The maximum absolute atomic E-state index is 12.2. The van der Waals surface area contributed by atoms with Gasteiger partial charge in [0.1, 0.15) is 17.3 Å². The van der Waals surface area contributed by atoms with Crippen LogP contribution >= 0.6 is 11.6 Å². The number of nitrogens with zero attached hydrogens (tertiary/aromatic N) is 2. The van der Waals surface area contributed by atoms with Crippen LogP contribution in [0.4, 0.5) is 11.5 Å². The number of halogens is 1. The zero-order valence-electron chi connectivity index (χ0n) is 15.3. The summed E-state index contributed by atoms with van der Waals surface area (Å²) < 4.78 is 5.13. The molecule has 1 aromatic carbocycles. The summed E-state index contributed by atoms with van der Waals surface area (Å²) in [5.41, 5.74) is 2.49. The molecule has 1 aromatic heterocycles. The van der Waals surface area contributed by atoms with Crippen molar-refractivity contribution in [3.63, 3.8) is 0 Å². The number of aromatic nitrogens is 2. The van der Waals surface area contributed by atoms with Gasteiger partial charge in [0.25, 0.3) is 5.91 Å². The third-order valence-electron chi connectivity index (χ3n) is 4.43. The number of rotatable bonds is 7. The van der Waals surface area contributed by atoms with Crippen molar-refractivity contribution in [2.24, 2.45) is 0 Å². The zero-order chi connectivity index (χ0) is 19.1. The minimum atomic E-state index is -0.210. The summed E-state index contributed by atoms with van der Waals surface area (Å²) in [5, 5.41) is 6.50. The molecule has 1 aliphatic rings. The molecular formula is C20H23ClN4O2. The molecule has 142 valence electrons. The maximum atomic E-state index is 12.2. The van der Waals surface area contributed by atoms with Crippen molar-refractivity contribution in [2.75, 3.05) is 19.0 Å². The molecule has 1 amide bonds. The van der Waals surface area contributed by atoms with Crippen LogP contribution in [0.2, 0.25) is 5.02 Å². The predicted octanol–water partition coefficient (Wildman–Crippen LogP) is 4.50. The summed E-state index contributed by atoms with van der Waals surface area (Å²) in [6, 6.07) is 5.33. The molecule has 2 N–H and O–H groups in total. The molecule has 0 bridgehead atoms. The number of carbonyl (C=O) groups is 1. The number of anilines is 2. The van der Waals surface area contributed by atoms with E-state index in [0.29, 0.717) is 28.8 Å². The number of ether oxygens (including phenoxy) is 1. The van der Waals surface area contributed by atoms with Gasteiger partial charge in [0.2, 0.25) is 0 Å². The molecule has 0 spiro atoms. The molecule has 3 rings (SSSR count). The summed E-state index contributed by atoms with van der Waals surface area (Å²) >= 11 is 6.11. The highest BCUT2D eigenvalue weighted by molar-refractivity contribution is 6.32. The molecule has 0 atom stereocenters. The minimum Gasteiger partial charge on any atom is -0.495 e. The van der Waals surface area contributed by atoms with Crippen LogP contribution < -0.4 is 15.4 Å². The normalized spacial score (nSPS) is 13.6. The van der Waals surface area contributed by atoms with Crippen LogP contribution in [0.5, 0.6) is 5.75 Å². The maximum Gasteiger partial charge on any atom is 0.271 e. The zero-order valence-corrected chi connectivity index (χ0v) is 16.1. The van der Waals surface area contributed by atoms with Crippen LogP contribution in [0.3, 0.4) is 0 Å². The smallest absolute Gasteiger partial charge is 0.271 e. The van der Waals surface area contributed by atoms with E-state index >= 15 is 0 Å². The molecule has 7 heteroatoms. The molecular weight excluding hydrogens is 364 g/mol. The minimum absolute atomic E-state index is 0.210. The SMILES string of the molecule is COc1ccc(Nc2cnc(C(=O)NCCC3=CCCCC3)cn2)cc1Cl. The van der Waals surface area contributed by atoms with E-state index in [2.05, 4.69) is 26.7 Å². The second kappa shape index (κ2) is 9.37. The number of amides is 1. The number of allylic oxidation sites excluding steroid dienone is 1. The van der Waals surface area contributed by atoms with Crippen molar-refractivity contribution in [2.45, 2.75) is 32.1 Å². The van der Waals surface area contributed by atoms with Crippen molar-refractivity contribution >= 4 is 29.0 Å². The van der Waals surface area contributed by atoms with Crippen molar-refractivity contribution < 1.29 is 9.53 Å². The van der Waals surface area contributed by atoms with Gasteiger partial charge in [-0.05, 0) is 50.3 Å². The molecule has 6 nitrogen and oxygen atoms in total. The Bertz CT molecular complexity index is 821. The summed E-state index contributed by atoms with van der Waals surface area (Å²) in [7, 11) is 1.57. The summed E-state index contributed by atoms with van der Waals surface area (Å²) in [5.74, 6) is 0.919. The number of methoxy groups -OCH3 is 1. The lowest BCUT2D eigenvalue weighted by atomic mass is 9.97. The Hall–Kier alpha value is -2.60. The Kier molecular flexibility index (Phi) is 6.65. The molecule has 0 saturated carbocycles. The Labute approximate surface area is 164 Å². The lowest BCUT2D eigenvalue weighted by molar-refractivity contribution is 0.0948. The van der Waals surface area contributed by atoms with E-state index < -0.39 is 0 Å². The third-order valence-corrected chi connectivity index (χ3v) is 4.72. The second-order valence-corrected chi connectivity index (χ2v) is 6.78. The van der Waals surface area contributed by atoms with Gasteiger partial charge in [-0.25, -0.2) is 9.97 Å². The van der Waals surface area contributed by atoms with E-state index in [4.69, 9.17) is 16.3 Å². The number of hydrogen-bond acceptors (Lipinski definition) is 5. The Morgan fingerprint density at radius 3 is 2.81 bits per heavy atom. The molecule has 1 aliphatic carbocycles. The molecule has 27 heavy (non-hydrogen) atoms. The molecule has 0 radical (unpaired) electrons. The summed E-state index contributed by atoms with van der Waals surface area (Å²) in [6.07, 6.45) is 11.0. The number of nitrogens with one attached hydrogen (secondary N) is 2. The van der Waals surface area contributed by atoms with Crippen LogP contribution in [0.25, 0.3) is 0 Å². The fourth-order valence-electron chi connectivity index (χ4n) is 2.96. The first-order valence-electron chi connectivity index (χ1n) is 9.04. The van der Waals surface area contributed by atoms with Gasteiger partial charge in [0.15, 0.2) is 0 Å². The van der Waals surface area contributed by atoms with Crippen LogP contribution in [0.1, 0.15) is 42.6 Å². The monoisotopic (exact) mass is 386 g/mol. The highest BCUT2D eigenvalue weighted by atomic mass is 35.5. The van der Waals surface area contributed by atoms with Crippen molar-refractivity contribution in [3.8, 4) is 5.75 Å². The van der Waals surface area contributed by atoms with Crippen LogP contribution in [0, 0.1) is 0 Å². The average Bonchev–Trinajstić information content (AvgIpc) is 2.69. The molecule has 1 heterocycles. The molecule has 0 saturated heterocycles. The van der Waals surface area contributed by atoms with Gasteiger partial charge < -0.3 is 15.4 Å². The standard InChI is InChI=1S/C20H23ClN4O2/c1-27-18-8-7-15(11-16(18)21)25-19-13-23-17(12-24-19)20(26)22-10-9-14-5-3-2-4-6-14/h5,7-8,11-13H,2-4,6,9-10H2,1H3,(H,22,26)(H,24,25). The summed E-state index contributed by atoms with van der Waals surface area (Å²) in [6.45, 7) is 0.622. The lowest BCUT2D eigenvalue weighted by Gasteiger charge is -2.12. The molecule has 0 fully saturated rings. The van der Waals surface area contributed by atoms with Gasteiger partial charge >= 0.3 is 0 Å². The van der Waals surface area contributed by atoms with Gasteiger partial charge in [-0.2, -0.15) is 0 Å². The van der Waals surface area contributed by atoms with E-state index in [9.17, 15) is 4.79 Å². The average molecular weight is 387 g/mol. The molecule has 0 unspecified atom stereocenters. The first-order valence-corrected chi connectivity index (χ1v) is 9.42. The van der Waals surface area contributed by atoms with E-state index in [-0.39, 0.29) is 5.91 Å². The second-order valence-electron chi connectivity index (χ2n) is 6.38. The van der Waals surface area contributed by atoms with E-state index in [1.807, 2.05) is 6.07 Å². The van der Waals surface area contributed by atoms with Gasteiger partial charge in [0, 0.05) is 12.2 Å². The van der Waals surface area contributed by atoms with Gasteiger partial charge in [0.05, 0.1) is 24.5 Å². The third kappa shape index (κ3) is 5.44. The van der Waals surface area contributed by atoms with Crippen molar-refractivity contribution in [1.82, 2.24) is 15.3 Å². The fraction of sp³-hybridized carbons (Fsp3) is 0.350. The van der Waals surface area contributed by atoms with Crippen LogP contribution in [-0.2, 0) is 0 Å². The lowest BCUT2D eigenvalue weighted by Crippen LogP contribution is -2.26. The van der Waals surface area contributed by atoms with Crippen molar-refractivity contribution in [3.05, 3.63) is 53.0 Å². The van der Waals surface area contributed by atoms with Gasteiger partial charge in [-0.15, -0.1) is 0 Å². The van der Waals surface area contributed by atoms with Gasteiger partial charge in [-0.3, -0.25) is 4.79 Å². The molecule has 0 aliphatic heterocycles. The van der Waals surface area contributed by atoms with E-state index in [0.717, 1.165) is 24.9 Å². The van der Waals surface area contributed by atoms with E-state index in [1.165, 1.54) is 30.8 Å². The quantitative estimate of drug-likeness (QED) is 0.685. The van der Waals surface area contributed by atoms with Crippen LogP contribution in [-0.4, -0.2) is 29.5 Å². The highest BCUT2D eigenvalue weighted by Crippen LogP contribution is 2.28. The predicted molar refractivity (Wildman–Crippen MR) is 107 cm³/mol. The Balaban J connectivity index is 1.52. The first-order chi connectivity index (χ1) is 13.2. The number of hydrogen-bond donors (Lipinski definition) is 2. The first kappa shape index (κ1) is 19.2. The number of carbonyl (C=O) groups excluding carboxylic acids is 1. The van der Waals surface area contributed by atoms with Crippen molar-refractivity contribution in [1.29, 1.82) is 0 Å². The fourth-order valence-corrected chi connectivity index (χ4v) is 3.22. The van der Waals surface area contributed by atoms with E-state index in [1.54, 1.807) is 19.2 Å². The largest absolute Gasteiger partial charge is 0.495 e. The van der Waals surface area contributed by atoms with Crippen LogP contribution in [0.15, 0.2) is 42.2 Å².